The molecule has 0 amide bonds. The number of ketones is 1. The van der Waals surface area contributed by atoms with Gasteiger partial charge in [0.15, 0.2) is 5.76 Å². The van der Waals surface area contributed by atoms with Crippen LogP contribution in [-0.4, -0.2) is 18.9 Å². The molecule has 112 valence electrons. The average Bonchev–Trinajstić information content (AvgIpc) is 2.90. The van der Waals surface area contributed by atoms with Crippen LogP contribution in [0.1, 0.15) is 42.8 Å². The number of piperidine rings is 1. The minimum absolute atomic E-state index is 0.116. The number of benzene rings is 1. The molecular formula is C18H23NO2. The summed E-state index contributed by atoms with van der Waals surface area (Å²) in [6.45, 7) is 8.12. The smallest absolute Gasteiger partial charge is 0.203 e. The molecule has 0 radical (unpaired) electrons. The number of hydrogen-bond acceptors (Lipinski definition) is 3. The third-order valence-electron chi connectivity index (χ3n) is 4.80. The van der Waals surface area contributed by atoms with Gasteiger partial charge in [-0.25, -0.2) is 0 Å². The van der Waals surface area contributed by atoms with Crippen LogP contribution in [0, 0.1) is 18.3 Å². The van der Waals surface area contributed by atoms with Crippen molar-refractivity contribution in [1.29, 1.82) is 0 Å². The van der Waals surface area contributed by atoms with Crippen LogP contribution in [-0.2, 0) is 0 Å². The number of furan rings is 1. The molecule has 1 aliphatic rings. The van der Waals surface area contributed by atoms with Crippen LogP contribution in [0.5, 0.6) is 0 Å². The van der Waals surface area contributed by atoms with E-state index in [1.807, 2.05) is 39.0 Å². The van der Waals surface area contributed by atoms with Gasteiger partial charge in [0, 0.05) is 10.8 Å². The number of Topliss-reactive ketones (excluding diaryl/α,β-unsaturated/α-hetero) is 1. The Labute approximate surface area is 125 Å². The van der Waals surface area contributed by atoms with Crippen LogP contribution in [0.25, 0.3) is 11.0 Å². The summed E-state index contributed by atoms with van der Waals surface area (Å²) in [7, 11) is 0. The summed E-state index contributed by atoms with van der Waals surface area (Å²) in [5, 5.41) is 4.41. The lowest BCUT2D eigenvalue weighted by molar-refractivity contribution is 0.0680. The van der Waals surface area contributed by atoms with E-state index in [1.165, 1.54) is 5.56 Å². The van der Waals surface area contributed by atoms with Gasteiger partial charge < -0.3 is 9.73 Å². The van der Waals surface area contributed by atoms with Crippen molar-refractivity contribution in [3.8, 4) is 0 Å². The molecule has 1 fully saturated rings. The van der Waals surface area contributed by atoms with E-state index in [9.17, 15) is 4.79 Å². The van der Waals surface area contributed by atoms with E-state index in [0.29, 0.717) is 11.7 Å². The maximum Gasteiger partial charge on any atom is 0.203 e. The van der Waals surface area contributed by atoms with Gasteiger partial charge >= 0.3 is 0 Å². The zero-order chi connectivity index (χ0) is 15.0. The molecule has 0 saturated carbocycles. The predicted molar refractivity (Wildman–Crippen MR) is 84.7 cm³/mol. The lowest BCUT2D eigenvalue weighted by atomic mass is 9.71. The van der Waals surface area contributed by atoms with Crippen LogP contribution in [0.4, 0.5) is 0 Å². The standard InChI is InChI=1S/C18H23NO2/c1-12-6-7-15-13(9-12)10-16(21-15)17(20)18(2,3)14-5-4-8-19-11-14/h6-7,9-10,14,19H,4-5,8,11H2,1-3H3. The second kappa shape index (κ2) is 5.30. The van der Waals surface area contributed by atoms with Crippen LogP contribution in [0.2, 0.25) is 0 Å². The fourth-order valence-electron chi connectivity index (χ4n) is 3.25. The third-order valence-corrected chi connectivity index (χ3v) is 4.80. The van der Waals surface area contributed by atoms with Crippen molar-refractivity contribution in [3.63, 3.8) is 0 Å². The molecule has 1 aromatic heterocycles. The lowest BCUT2D eigenvalue weighted by Crippen LogP contribution is -2.42. The van der Waals surface area contributed by atoms with Gasteiger partial charge in [-0.3, -0.25) is 4.79 Å². The Morgan fingerprint density at radius 2 is 2.14 bits per heavy atom. The average molecular weight is 285 g/mol. The summed E-state index contributed by atoms with van der Waals surface area (Å²) in [6.07, 6.45) is 2.24. The molecular weight excluding hydrogens is 262 g/mol. The quantitative estimate of drug-likeness (QED) is 0.868. The van der Waals surface area contributed by atoms with Gasteiger partial charge in [-0.2, -0.15) is 0 Å². The first-order valence-corrected chi connectivity index (χ1v) is 7.74. The minimum atomic E-state index is -0.393. The molecule has 1 aromatic carbocycles. The van der Waals surface area contributed by atoms with E-state index in [4.69, 9.17) is 4.42 Å². The van der Waals surface area contributed by atoms with E-state index in [0.717, 1.165) is 36.9 Å². The second-order valence-electron chi connectivity index (χ2n) is 6.75. The first kappa shape index (κ1) is 14.3. The van der Waals surface area contributed by atoms with Crippen LogP contribution < -0.4 is 5.32 Å². The fourth-order valence-corrected chi connectivity index (χ4v) is 3.25. The second-order valence-corrected chi connectivity index (χ2v) is 6.75. The largest absolute Gasteiger partial charge is 0.453 e. The SMILES string of the molecule is Cc1ccc2oc(C(=O)C(C)(C)C3CCCNC3)cc2c1. The molecule has 1 atom stereocenters. The monoisotopic (exact) mass is 285 g/mol. The van der Waals surface area contributed by atoms with Crippen molar-refractivity contribution in [2.45, 2.75) is 33.6 Å². The Hall–Kier alpha value is -1.61. The Morgan fingerprint density at radius 1 is 1.33 bits per heavy atom. The molecule has 0 aliphatic carbocycles. The first-order chi connectivity index (χ1) is 9.98. The van der Waals surface area contributed by atoms with E-state index < -0.39 is 5.41 Å². The van der Waals surface area contributed by atoms with Crippen molar-refractivity contribution in [2.24, 2.45) is 11.3 Å². The Morgan fingerprint density at radius 3 is 2.86 bits per heavy atom. The van der Waals surface area contributed by atoms with Crippen LogP contribution in [0.15, 0.2) is 28.7 Å². The number of nitrogens with one attached hydrogen (secondary N) is 1. The summed E-state index contributed by atoms with van der Waals surface area (Å²) in [5.41, 5.74) is 1.58. The van der Waals surface area contributed by atoms with Gasteiger partial charge in [-0.05, 0) is 57.0 Å². The molecule has 3 heteroatoms. The van der Waals surface area contributed by atoms with Gasteiger partial charge in [0.1, 0.15) is 5.58 Å². The van der Waals surface area contributed by atoms with Crippen molar-refractivity contribution in [3.05, 3.63) is 35.6 Å². The van der Waals surface area contributed by atoms with Gasteiger partial charge in [0.05, 0.1) is 0 Å². The van der Waals surface area contributed by atoms with E-state index in [2.05, 4.69) is 11.4 Å². The number of carbonyl (C=O) groups excluding carboxylic acids is 1. The highest BCUT2D eigenvalue weighted by atomic mass is 16.3. The van der Waals surface area contributed by atoms with Gasteiger partial charge in [-0.15, -0.1) is 0 Å². The molecule has 1 aliphatic heterocycles. The zero-order valence-corrected chi connectivity index (χ0v) is 13.0. The van der Waals surface area contributed by atoms with Gasteiger partial charge in [0.2, 0.25) is 5.78 Å². The minimum Gasteiger partial charge on any atom is -0.453 e. The van der Waals surface area contributed by atoms with E-state index in [1.54, 1.807) is 0 Å². The zero-order valence-electron chi connectivity index (χ0n) is 13.0. The highest BCUT2D eigenvalue weighted by Gasteiger charge is 2.39. The Kier molecular flexibility index (Phi) is 3.62. The molecule has 1 N–H and O–H groups in total. The van der Waals surface area contributed by atoms with Gasteiger partial charge in [0.25, 0.3) is 0 Å². The summed E-state index contributed by atoms with van der Waals surface area (Å²) in [6, 6.07) is 7.90. The van der Waals surface area contributed by atoms with Crippen LogP contribution >= 0.6 is 0 Å². The van der Waals surface area contributed by atoms with Crippen molar-refractivity contribution in [2.75, 3.05) is 13.1 Å². The highest BCUT2D eigenvalue weighted by molar-refractivity contribution is 6.01. The molecule has 21 heavy (non-hydrogen) atoms. The Bertz CT molecular complexity index is 663. The lowest BCUT2D eigenvalue weighted by Gasteiger charge is -2.35. The van der Waals surface area contributed by atoms with E-state index in [-0.39, 0.29) is 5.78 Å². The number of aryl methyl sites for hydroxylation is 1. The summed E-state index contributed by atoms with van der Waals surface area (Å²) in [4.78, 5) is 12.9. The summed E-state index contributed by atoms with van der Waals surface area (Å²) >= 11 is 0. The molecule has 2 heterocycles. The fraction of sp³-hybridized carbons (Fsp3) is 0.500. The molecule has 3 nitrogen and oxygen atoms in total. The topological polar surface area (TPSA) is 42.2 Å². The van der Waals surface area contributed by atoms with Gasteiger partial charge in [-0.1, -0.05) is 25.5 Å². The van der Waals surface area contributed by atoms with Crippen molar-refractivity contribution >= 4 is 16.8 Å². The molecule has 1 saturated heterocycles. The number of hydrogen-bond donors (Lipinski definition) is 1. The summed E-state index contributed by atoms with van der Waals surface area (Å²) < 4.78 is 5.79. The van der Waals surface area contributed by atoms with Crippen molar-refractivity contribution < 1.29 is 9.21 Å². The molecule has 0 spiro atoms. The Balaban J connectivity index is 1.91. The maximum atomic E-state index is 12.9. The number of carbonyl (C=O) groups is 1. The normalized spacial score (nSPS) is 19.9. The van der Waals surface area contributed by atoms with E-state index >= 15 is 0 Å². The first-order valence-electron chi connectivity index (χ1n) is 7.74. The number of fused-ring (bicyclic) bond motifs is 1. The summed E-state index contributed by atoms with van der Waals surface area (Å²) in [5.74, 6) is 0.977. The van der Waals surface area contributed by atoms with Crippen LogP contribution in [0.3, 0.4) is 0 Å². The predicted octanol–water partition coefficient (Wildman–Crippen LogP) is 3.95. The molecule has 2 aromatic rings. The number of rotatable bonds is 3. The molecule has 1 unspecified atom stereocenters. The van der Waals surface area contributed by atoms with Crippen molar-refractivity contribution in [1.82, 2.24) is 5.32 Å². The third kappa shape index (κ3) is 2.62. The molecule has 0 bridgehead atoms. The highest BCUT2D eigenvalue weighted by Crippen LogP contribution is 2.36. The molecule has 3 rings (SSSR count). The maximum absolute atomic E-state index is 12.9.